The van der Waals surface area contributed by atoms with E-state index in [2.05, 4.69) is 51.7 Å². The van der Waals surface area contributed by atoms with Crippen LogP contribution >= 0.6 is 11.8 Å². The fourth-order valence-electron chi connectivity index (χ4n) is 3.81. The molecule has 0 bridgehead atoms. The highest BCUT2D eigenvalue weighted by atomic mass is 32.2. The van der Waals surface area contributed by atoms with Crippen molar-refractivity contribution in [3.63, 3.8) is 0 Å². The lowest BCUT2D eigenvalue weighted by molar-refractivity contribution is -0.118. The minimum absolute atomic E-state index is 0.0505. The summed E-state index contributed by atoms with van der Waals surface area (Å²) in [5.41, 5.74) is 3.10. The Morgan fingerprint density at radius 1 is 1.07 bits per heavy atom. The molecule has 0 saturated heterocycles. The van der Waals surface area contributed by atoms with Gasteiger partial charge in [0.1, 0.15) is 0 Å². The van der Waals surface area contributed by atoms with E-state index >= 15 is 0 Å². The van der Waals surface area contributed by atoms with Crippen LogP contribution in [0.15, 0.2) is 53.9 Å². The van der Waals surface area contributed by atoms with E-state index in [4.69, 9.17) is 0 Å². The maximum atomic E-state index is 12.4. The molecular weight excluding hydrogens is 394 g/mol. The fraction of sp³-hybridized carbons (Fsp3) is 0.391. The Bertz CT molecular complexity index is 965. The second-order valence-corrected chi connectivity index (χ2v) is 8.75. The quantitative estimate of drug-likeness (QED) is 0.572. The number of carbonyl (C=O) groups excluding carboxylic acids is 1. The Kier molecular flexibility index (Phi) is 6.79. The van der Waals surface area contributed by atoms with E-state index in [0.29, 0.717) is 16.8 Å². The summed E-state index contributed by atoms with van der Waals surface area (Å²) in [5.74, 6) is 1.75. The van der Waals surface area contributed by atoms with Gasteiger partial charge in [-0.3, -0.25) is 14.3 Å². The number of rotatable bonds is 7. The number of amides is 1. The van der Waals surface area contributed by atoms with E-state index in [1.807, 2.05) is 16.7 Å². The molecular formula is C23H27N5OS. The minimum atomic E-state index is 0.0505. The average Bonchev–Trinajstić information content (AvgIpc) is 3.22. The van der Waals surface area contributed by atoms with E-state index in [9.17, 15) is 4.79 Å². The van der Waals surface area contributed by atoms with Crippen LogP contribution in [-0.2, 0) is 4.79 Å². The van der Waals surface area contributed by atoms with E-state index in [-0.39, 0.29) is 5.91 Å². The van der Waals surface area contributed by atoms with Gasteiger partial charge in [-0.2, -0.15) is 0 Å². The normalized spacial score (nSPS) is 14.6. The van der Waals surface area contributed by atoms with Crippen LogP contribution in [-0.4, -0.2) is 38.0 Å². The van der Waals surface area contributed by atoms with E-state index < -0.39 is 0 Å². The predicted molar refractivity (Wildman–Crippen MR) is 120 cm³/mol. The first kappa shape index (κ1) is 20.6. The van der Waals surface area contributed by atoms with Crippen molar-refractivity contribution >= 4 is 17.7 Å². The molecule has 1 aliphatic rings. The summed E-state index contributed by atoms with van der Waals surface area (Å²) in [6, 6.07) is 12.1. The first-order valence-corrected chi connectivity index (χ1v) is 11.5. The number of aryl methyl sites for hydroxylation is 1. The summed E-state index contributed by atoms with van der Waals surface area (Å²) in [6.07, 6.45) is 9.84. The molecule has 1 aromatic carbocycles. The summed E-state index contributed by atoms with van der Waals surface area (Å²) >= 11 is 1.42. The standard InChI is InChI=1S/C23H27N5OS/c1-17-7-9-20(10-8-17)28-22(19-11-13-24-14-12-19)26-27-23(28)30-16-21(29)25-15-18-5-3-2-4-6-18/h7-14,18H,2-6,15-16H2,1H3,(H,25,29). The Balaban J connectivity index is 1.49. The molecule has 6 nitrogen and oxygen atoms in total. The molecule has 2 heterocycles. The lowest BCUT2D eigenvalue weighted by Gasteiger charge is -2.21. The molecule has 1 amide bonds. The van der Waals surface area contributed by atoms with Crippen LogP contribution in [0.3, 0.4) is 0 Å². The van der Waals surface area contributed by atoms with Gasteiger partial charge in [-0.15, -0.1) is 10.2 Å². The summed E-state index contributed by atoms with van der Waals surface area (Å²) < 4.78 is 2.01. The number of hydrogen-bond donors (Lipinski definition) is 1. The van der Waals surface area contributed by atoms with E-state index in [1.165, 1.54) is 49.4 Å². The summed E-state index contributed by atoms with van der Waals surface area (Å²) in [6.45, 7) is 2.85. The molecule has 0 atom stereocenters. The third-order valence-electron chi connectivity index (χ3n) is 5.51. The number of aromatic nitrogens is 4. The van der Waals surface area contributed by atoms with Crippen molar-refractivity contribution in [3.8, 4) is 17.1 Å². The van der Waals surface area contributed by atoms with Gasteiger partial charge in [0, 0.05) is 30.2 Å². The average molecular weight is 422 g/mol. The molecule has 30 heavy (non-hydrogen) atoms. The largest absolute Gasteiger partial charge is 0.355 e. The summed E-state index contributed by atoms with van der Waals surface area (Å²) in [7, 11) is 0. The fourth-order valence-corrected chi connectivity index (χ4v) is 4.59. The number of carbonyl (C=O) groups is 1. The Morgan fingerprint density at radius 2 is 1.80 bits per heavy atom. The first-order valence-electron chi connectivity index (χ1n) is 10.5. The molecule has 0 aliphatic heterocycles. The lowest BCUT2D eigenvalue weighted by atomic mass is 9.89. The number of pyridine rings is 1. The van der Waals surface area contributed by atoms with Crippen LogP contribution in [0.5, 0.6) is 0 Å². The second-order valence-electron chi connectivity index (χ2n) is 7.81. The zero-order valence-electron chi connectivity index (χ0n) is 17.3. The molecule has 0 radical (unpaired) electrons. The third-order valence-corrected chi connectivity index (χ3v) is 6.44. The molecule has 0 spiro atoms. The highest BCUT2D eigenvalue weighted by Crippen LogP contribution is 2.28. The Hall–Kier alpha value is -2.67. The molecule has 4 rings (SSSR count). The molecule has 3 aromatic rings. The third kappa shape index (κ3) is 5.08. The highest BCUT2D eigenvalue weighted by Gasteiger charge is 2.18. The first-order chi connectivity index (χ1) is 14.7. The number of benzene rings is 1. The van der Waals surface area contributed by atoms with Crippen molar-refractivity contribution in [1.82, 2.24) is 25.1 Å². The van der Waals surface area contributed by atoms with Crippen molar-refractivity contribution < 1.29 is 4.79 Å². The van der Waals surface area contributed by atoms with Crippen molar-refractivity contribution in [2.24, 2.45) is 5.92 Å². The monoisotopic (exact) mass is 421 g/mol. The molecule has 2 aromatic heterocycles. The van der Waals surface area contributed by atoms with E-state index in [1.54, 1.807) is 12.4 Å². The van der Waals surface area contributed by atoms with Crippen molar-refractivity contribution in [2.75, 3.05) is 12.3 Å². The maximum absolute atomic E-state index is 12.4. The lowest BCUT2D eigenvalue weighted by Crippen LogP contribution is -2.31. The van der Waals surface area contributed by atoms with Gasteiger partial charge in [0.2, 0.25) is 5.91 Å². The van der Waals surface area contributed by atoms with Crippen molar-refractivity contribution in [3.05, 3.63) is 54.4 Å². The van der Waals surface area contributed by atoms with Gasteiger partial charge in [-0.1, -0.05) is 48.7 Å². The van der Waals surface area contributed by atoms with Gasteiger partial charge >= 0.3 is 0 Å². The number of hydrogen-bond acceptors (Lipinski definition) is 5. The number of nitrogens with zero attached hydrogens (tertiary/aromatic N) is 4. The Labute approximate surface area is 181 Å². The van der Waals surface area contributed by atoms with Crippen LogP contribution in [0, 0.1) is 12.8 Å². The van der Waals surface area contributed by atoms with Crippen molar-refractivity contribution in [2.45, 2.75) is 44.2 Å². The highest BCUT2D eigenvalue weighted by molar-refractivity contribution is 7.99. The maximum Gasteiger partial charge on any atom is 0.230 e. The van der Waals surface area contributed by atoms with Crippen molar-refractivity contribution in [1.29, 1.82) is 0 Å². The molecule has 1 fully saturated rings. The summed E-state index contributed by atoms with van der Waals surface area (Å²) in [5, 5.41) is 12.6. The smallest absolute Gasteiger partial charge is 0.230 e. The van der Waals surface area contributed by atoms with Gasteiger partial charge in [-0.05, 0) is 49.9 Å². The SMILES string of the molecule is Cc1ccc(-n2c(SCC(=O)NCC3CCCCC3)nnc2-c2ccncc2)cc1. The van der Waals surface area contributed by atoms with Gasteiger partial charge in [0.05, 0.1) is 5.75 Å². The molecule has 1 N–H and O–H groups in total. The zero-order chi connectivity index (χ0) is 20.8. The second kappa shape index (κ2) is 9.89. The van der Waals surface area contributed by atoms with Gasteiger partial charge < -0.3 is 5.32 Å². The minimum Gasteiger partial charge on any atom is -0.355 e. The Morgan fingerprint density at radius 3 is 2.53 bits per heavy atom. The zero-order valence-corrected chi connectivity index (χ0v) is 18.1. The van der Waals surface area contributed by atoms with Crippen LogP contribution in [0.1, 0.15) is 37.7 Å². The molecule has 7 heteroatoms. The van der Waals surface area contributed by atoms with Crippen LogP contribution in [0.25, 0.3) is 17.1 Å². The number of nitrogens with one attached hydrogen (secondary N) is 1. The predicted octanol–water partition coefficient (Wildman–Crippen LogP) is 4.43. The summed E-state index contributed by atoms with van der Waals surface area (Å²) in [4.78, 5) is 16.5. The molecule has 0 unspecified atom stereocenters. The topological polar surface area (TPSA) is 72.7 Å². The van der Waals surface area contributed by atoms with Gasteiger partial charge in [0.25, 0.3) is 0 Å². The molecule has 1 saturated carbocycles. The van der Waals surface area contributed by atoms with Crippen LogP contribution in [0.4, 0.5) is 0 Å². The van der Waals surface area contributed by atoms with Gasteiger partial charge in [0.15, 0.2) is 11.0 Å². The van der Waals surface area contributed by atoms with Gasteiger partial charge in [-0.25, -0.2) is 0 Å². The van der Waals surface area contributed by atoms with Crippen LogP contribution in [0.2, 0.25) is 0 Å². The number of thioether (sulfide) groups is 1. The molecule has 156 valence electrons. The van der Waals surface area contributed by atoms with Crippen LogP contribution < -0.4 is 5.32 Å². The van der Waals surface area contributed by atoms with E-state index in [0.717, 1.165) is 23.6 Å². The molecule has 1 aliphatic carbocycles.